The molecule has 0 aliphatic heterocycles. The third kappa shape index (κ3) is 25.4. The van der Waals surface area contributed by atoms with Crippen LogP contribution in [0.3, 0.4) is 0 Å². The molecule has 22 nitrogen and oxygen atoms in total. The Morgan fingerprint density at radius 2 is 0.442 bits per heavy atom. The summed E-state index contributed by atoms with van der Waals surface area (Å²) in [5.41, 5.74) is 16.3. The van der Waals surface area contributed by atoms with Crippen LogP contribution in [-0.4, -0.2) is 110 Å². The molecule has 2 aromatic carbocycles. The van der Waals surface area contributed by atoms with Crippen molar-refractivity contribution in [3.8, 4) is 90.3 Å². The van der Waals surface area contributed by atoms with Crippen LogP contribution in [0, 0.1) is 55.4 Å². The number of aromatic nitrogens is 22. The first-order chi connectivity index (χ1) is 50.9. The van der Waals surface area contributed by atoms with E-state index in [1.165, 1.54) is 0 Å². The smallest absolute Gasteiger partial charge is 0.178 e. The van der Waals surface area contributed by atoms with Crippen molar-refractivity contribution in [2.45, 2.75) is 55.4 Å². The van der Waals surface area contributed by atoms with Gasteiger partial charge in [0.2, 0.25) is 0 Å². The van der Waals surface area contributed by atoms with Crippen molar-refractivity contribution in [2.24, 2.45) is 0 Å². The summed E-state index contributed by atoms with van der Waals surface area (Å²) < 4.78 is 0. The second kappa shape index (κ2) is 40.8. The minimum Gasteiger partial charge on any atom is -0.265 e. The zero-order valence-corrected chi connectivity index (χ0v) is 58.7. The summed E-state index contributed by atoms with van der Waals surface area (Å²) in [4.78, 5) is 90.9. The Labute approximate surface area is 604 Å². The van der Waals surface area contributed by atoms with Crippen molar-refractivity contribution < 1.29 is 0 Å². The van der Waals surface area contributed by atoms with E-state index in [9.17, 15) is 0 Å². The Morgan fingerprint density at radius 3 is 0.808 bits per heavy atom. The van der Waals surface area contributed by atoms with Crippen molar-refractivity contribution in [2.75, 3.05) is 0 Å². The lowest BCUT2D eigenvalue weighted by molar-refractivity contribution is 1.05. The monoisotopic (exact) mass is 1370 g/mol. The summed E-state index contributed by atoms with van der Waals surface area (Å²) in [5.74, 6) is 6.08. The van der Waals surface area contributed by atoms with Crippen LogP contribution in [0.5, 0.6) is 0 Å². The first-order valence-corrected chi connectivity index (χ1v) is 32.7. The van der Waals surface area contributed by atoms with Crippen molar-refractivity contribution in [1.82, 2.24) is 110 Å². The van der Waals surface area contributed by atoms with E-state index in [0.29, 0.717) is 5.82 Å². The Bertz CT molecular complexity index is 4010. The average Bonchev–Trinajstić information content (AvgIpc) is 0.972. The molecule has 0 N–H and O–H groups in total. The normalized spacial score (nSPS) is 9.92. The molecule has 14 heterocycles. The third-order valence-corrected chi connectivity index (χ3v) is 14.1. The first kappa shape index (κ1) is 74.2. The fraction of sp³-hybridized carbons (Fsp3) is 0.0976. The van der Waals surface area contributed by atoms with Crippen LogP contribution in [0.1, 0.15) is 45.6 Å². The highest BCUT2D eigenvalue weighted by atomic mass is 14.9. The molecule has 0 saturated carbocycles. The molecule has 16 aromatic rings. The molecule has 0 saturated heterocycles. The minimum atomic E-state index is 0.672. The fourth-order valence-electron chi connectivity index (χ4n) is 8.62. The molecule has 0 spiro atoms. The first-order valence-electron chi connectivity index (χ1n) is 32.7. The quantitative estimate of drug-likeness (QED) is 0.137. The van der Waals surface area contributed by atoms with Gasteiger partial charge >= 0.3 is 0 Å². The van der Waals surface area contributed by atoms with Gasteiger partial charge in [-0.1, -0.05) is 78.9 Å². The SMILES string of the molecule is Cc1cnc(-c2ccccc2)nc1.Cc1cnc(-c2ccccn2)nc1.Cc1cnc(-c2cccnc2)nc1.Cc1cnc(-c2ccncc2)nc1.Cc1ncc(-c2ccccc2)cn1.Cc1ncc(-c2ccccn2)cn1.Cc1ncc(-c2cccnc2)cn1.Cc1ncc(-c2ccncc2)cn1. The number of pyridine rings is 6. The molecule has 0 bridgehead atoms. The second-order valence-corrected chi connectivity index (χ2v) is 22.5. The van der Waals surface area contributed by atoms with Crippen LogP contribution in [0.2, 0.25) is 0 Å². The number of rotatable bonds is 8. The lowest BCUT2D eigenvalue weighted by Crippen LogP contribution is -1.90. The van der Waals surface area contributed by atoms with Gasteiger partial charge < -0.3 is 0 Å². The molecule has 22 heteroatoms. The highest BCUT2D eigenvalue weighted by Gasteiger charge is 2.05. The molecular weight excluding hydrogens is 1290 g/mol. The molecular formula is C82H74N22. The lowest BCUT2D eigenvalue weighted by Gasteiger charge is -1.99. The van der Waals surface area contributed by atoms with E-state index in [0.717, 1.165) is 130 Å². The predicted octanol–water partition coefficient (Wildman–Crippen LogP) is 16.0. The van der Waals surface area contributed by atoms with Crippen molar-refractivity contribution >= 4 is 0 Å². The standard InChI is InChI=1S/2C11H10N2.6C10H9N3/c1-9-12-7-11(8-13-9)10-5-3-2-4-6-10;1-9-7-12-11(13-8-9)10-5-3-2-4-6-10;1-8-12-6-10(7-13-8)9-2-4-11-5-3-9;1-8-6-12-10(13-7-8)9-2-4-11-5-3-9;1-8-12-6-10(7-13-8)9-3-2-4-11-5-9;1-8-5-12-10(13-6-8)9-3-2-4-11-7-9;1-8-12-6-9(7-13-8)10-4-2-3-5-11-10;1-8-6-12-10(13-7-8)9-4-2-3-5-11-9/h2*2-8H,1H3;6*2-7H,1H3. The average molecular weight is 1370 g/mol. The van der Waals surface area contributed by atoms with Gasteiger partial charge in [0, 0.05) is 206 Å². The van der Waals surface area contributed by atoms with Crippen molar-refractivity contribution in [1.29, 1.82) is 0 Å². The Kier molecular flexibility index (Phi) is 29.1. The number of aryl methyl sites for hydroxylation is 8. The van der Waals surface area contributed by atoms with E-state index in [2.05, 4.69) is 110 Å². The summed E-state index contributed by atoms with van der Waals surface area (Å²) >= 11 is 0. The van der Waals surface area contributed by atoms with E-state index >= 15 is 0 Å². The van der Waals surface area contributed by atoms with Gasteiger partial charge in [-0.15, -0.1) is 0 Å². The van der Waals surface area contributed by atoms with Crippen LogP contribution in [0.15, 0.2) is 307 Å². The maximum absolute atomic E-state index is 4.24. The molecule has 0 atom stereocenters. The molecule has 104 heavy (non-hydrogen) atoms. The number of hydrogen-bond donors (Lipinski definition) is 0. The Morgan fingerprint density at radius 1 is 0.154 bits per heavy atom. The number of hydrogen-bond acceptors (Lipinski definition) is 22. The maximum Gasteiger partial charge on any atom is 0.178 e. The van der Waals surface area contributed by atoms with Gasteiger partial charge in [0.05, 0.1) is 5.69 Å². The van der Waals surface area contributed by atoms with Gasteiger partial charge in [-0.05, 0) is 156 Å². The molecule has 512 valence electrons. The van der Waals surface area contributed by atoms with E-state index < -0.39 is 0 Å². The topological polar surface area (TPSA) is 284 Å². The molecule has 0 fully saturated rings. The van der Waals surface area contributed by atoms with Gasteiger partial charge in [-0.25, -0.2) is 79.7 Å². The van der Waals surface area contributed by atoms with Crippen LogP contribution in [0.25, 0.3) is 90.3 Å². The Balaban J connectivity index is 0.000000138. The highest BCUT2D eigenvalue weighted by Crippen LogP contribution is 2.20. The molecule has 0 amide bonds. The minimum absolute atomic E-state index is 0.672. The van der Waals surface area contributed by atoms with Crippen LogP contribution >= 0.6 is 0 Å². The van der Waals surface area contributed by atoms with Gasteiger partial charge in [0.25, 0.3) is 0 Å². The summed E-state index contributed by atoms with van der Waals surface area (Å²) in [5, 5.41) is 0. The number of nitrogens with zero attached hydrogens (tertiary/aromatic N) is 22. The summed E-state index contributed by atoms with van der Waals surface area (Å²) in [6, 6.07) is 46.9. The molecule has 0 unspecified atom stereocenters. The van der Waals surface area contributed by atoms with Gasteiger partial charge in [0.1, 0.15) is 29.0 Å². The second-order valence-electron chi connectivity index (χ2n) is 22.5. The molecule has 16 rings (SSSR count). The molecule has 0 aliphatic rings. The Hall–Kier alpha value is -14.0. The van der Waals surface area contributed by atoms with Gasteiger partial charge in [0.15, 0.2) is 23.3 Å². The van der Waals surface area contributed by atoms with Gasteiger partial charge in [-0.2, -0.15) is 0 Å². The summed E-state index contributed by atoms with van der Waals surface area (Å²) in [6.45, 7) is 15.4. The zero-order chi connectivity index (χ0) is 72.8. The lowest BCUT2D eigenvalue weighted by atomic mass is 10.1. The molecule has 14 aromatic heterocycles. The summed E-state index contributed by atoms with van der Waals surface area (Å²) in [6.07, 6.45) is 46.5. The van der Waals surface area contributed by atoms with Crippen LogP contribution in [0.4, 0.5) is 0 Å². The van der Waals surface area contributed by atoms with Crippen LogP contribution < -0.4 is 0 Å². The zero-order valence-electron chi connectivity index (χ0n) is 58.7. The predicted molar refractivity (Wildman–Crippen MR) is 404 cm³/mol. The third-order valence-electron chi connectivity index (χ3n) is 14.1. The largest absolute Gasteiger partial charge is 0.265 e. The van der Waals surface area contributed by atoms with E-state index in [4.69, 9.17) is 0 Å². The van der Waals surface area contributed by atoms with Crippen molar-refractivity contribution in [3.05, 3.63) is 352 Å². The van der Waals surface area contributed by atoms with E-state index in [1.807, 2.05) is 251 Å². The molecule has 0 aliphatic carbocycles. The van der Waals surface area contributed by atoms with E-state index in [1.54, 1.807) is 112 Å². The van der Waals surface area contributed by atoms with Crippen LogP contribution in [-0.2, 0) is 0 Å². The van der Waals surface area contributed by atoms with E-state index in [-0.39, 0.29) is 0 Å². The maximum atomic E-state index is 4.24. The fourth-order valence-corrected chi connectivity index (χ4v) is 8.62. The highest BCUT2D eigenvalue weighted by molar-refractivity contribution is 5.63. The molecule has 0 radical (unpaired) electrons. The van der Waals surface area contributed by atoms with Gasteiger partial charge in [-0.3, -0.25) is 29.9 Å². The summed E-state index contributed by atoms with van der Waals surface area (Å²) in [7, 11) is 0. The number of benzene rings is 2. The van der Waals surface area contributed by atoms with Crippen molar-refractivity contribution in [3.63, 3.8) is 0 Å².